The second kappa shape index (κ2) is 3.76. The number of hydrogen-bond acceptors (Lipinski definition) is 1. The molecule has 2 aliphatic rings. The summed E-state index contributed by atoms with van der Waals surface area (Å²) in [5, 5.41) is 0. The summed E-state index contributed by atoms with van der Waals surface area (Å²) in [4.78, 5) is 2.78. The third-order valence-electron chi connectivity index (χ3n) is 5.44. The highest BCUT2D eigenvalue weighted by Gasteiger charge is 2.47. The van der Waals surface area contributed by atoms with E-state index in [0.717, 1.165) is 5.92 Å². The zero-order valence-corrected chi connectivity index (χ0v) is 11.0. The fourth-order valence-electron chi connectivity index (χ4n) is 3.84. The van der Waals surface area contributed by atoms with Crippen LogP contribution in [0.1, 0.15) is 59.8 Å². The molecule has 2 atom stereocenters. The Balaban J connectivity index is 2.18. The number of rotatable bonds is 1. The van der Waals surface area contributed by atoms with Gasteiger partial charge in [-0.15, -0.1) is 0 Å². The molecule has 1 saturated carbocycles. The summed E-state index contributed by atoms with van der Waals surface area (Å²) >= 11 is 0. The quantitative estimate of drug-likeness (QED) is 0.636. The SMILES string of the molecule is CC1C(C)(C)CCCC1(C)N1CCCC1. The van der Waals surface area contributed by atoms with Crippen molar-refractivity contribution in [2.45, 2.75) is 65.3 Å². The van der Waals surface area contributed by atoms with Crippen molar-refractivity contribution in [3.63, 3.8) is 0 Å². The van der Waals surface area contributed by atoms with Crippen molar-refractivity contribution in [1.82, 2.24) is 4.90 Å². The van der Waals surface area contributed by atoms with Crippen LogP contribution in [0.5, 0.6) is 0 Å². The Bertz CT molecular complexity index is 227. The number of hydrogen-bond donors (Lipinski definition) is 0. The number of nitrogens with zero attached hydrogens (tertiary/aromatic N) is 1. The van der Waals surface area contributed by atoms with Gasteiger partial charge in [0.1, 0.15) is 0 Å². The summed E-state index contributed by atoms with van der Waals surface area (Å²) in [6, 6.07) is 0. The minimum Gasteiger partial charge on any atom is -0.298 e. The second-order valence-electron chi connectivity index (χ2n) is 6.62. The topological polar surface area (TPSA) is 3.24 Å². The van der Waals surface area contributed by atoms with Gasteiger partial charge in [0.25, 0.3) is 0 Å². The average Bonchev–Trinajstić information content (AvgIpc) is 2.67. The lowest BCUT2D eigenvalue weighted by Gasteiger charge is -2.53. The first-order chi connectivity index (χ1) is 6.97. The van der Waals surface area contributed by atoms with Crippen molar-refractivity contribution in [3.8, 4) is 0 Å². The smallest absolute Gasteiger partial charge is 0.0212 e. The molecular weight excluding hydrogens is 182 g/mol. The van der Waals surface area contributed by atoms with E-state index in [0.29, 0.717) is 11.0 Å². The van der Waals surface area contributed by atoms with Gasteiger partial charge in [-0.2, -0.15) is 0 Å². The van der Waals surface area contributed by atoms with Crippen molar-refractivity contribution in [2.24, 2.45) is 11.3 Å². The van der Waals surface area contributed by atoms with Crippen LogP contribution in [-0.2, 0) is 0 Å². The Labute approximate surface area is 95.2 Å². The largest absolute Gasteiger partial charge is 0.298 e. The van der Waals surface area contributed by atoms with Crippen LogP contribution < -0.4 is 0 Å². The Hall–Kier alpha value is -0.0400. The van der Waals surface area contributed by atoms with Crippen molar-refractivity contribution >= 4 is 0 Å². The molecule has 2 fully saturated rings. The van der Waals surface area contributed by atoms with Crippen molar-refractivity contribution in [3.05, 3.63) is 0 Å². The molecule has 0 bridgehead atoms. The van der Waals surface area contributed by atoms with Gasteiger partial charge in [0.15, 0.2) is 0 Å². The Morgan fingerprint density at radius 3 is 2.13 bits per heavy atom. The van der Waals surface area contributed by atoms with E-state index in [2.05, 4.69) is 32.6 Å². The van der Waals surface area contributed by atoms with Crippen LogP contribution in [-0.4, -0.2) is 23.5 Å². The first-order valence-electron chi connectivity index (χ1n) is 6.72. The van der Waals surface area contributed by atoms with E-state index in [9.17, 15) is 0 Å². The number of likely N-dealkylation sites (tertiary alicyclic amines) is 1. The molecule has 2 rings (SSSR count). The lowest BCUT2D eigenvalue weighted by atomic mass is 9.60. The molecule has 0 aromatic heterocycles. The molecule has 0 aromatic carbocycles. The van der Waals surface area contributed by atoms with Gasteiger partial charge in [0, 0.05) is 5.54 Å². The molecule has 1 aliphatic heterocycles. The van der Waals surface area contributed by atoms with Gasteiger partial charge in [-0.3, -0.25) is 4.90 Å². The third-order valence-corrected chi connectivity index (χ3v) is 5.44. The molecular formula is C14H27N. The van der Waals surface area contributed by atoms with E-state index < -0.39 is 0 Å². The molecule has 1 saturated heterocycles. The van der Waals surface area contributed by atoms with E-state index in [1.54, 1.807) is 0 Å². The minimum absolute atomic E-state index is 0.484. The molecule has 88 valence electrons. The molecule has 1 aliphatic carbocycles. The van der Waals surface area contributed by atoms with Crippen LogP contribution in [0.3, 0.4) is 0 Å². The van der Waals surface area contributed by atoms with Gasteiger partial charge in [0.05, 0.1) is 0 Å². The Morgan fingerprint density at radius 1 is 0.933 bits per heavy atom. The van der Waals surface area contributed by atoms with Crippen molar-refractivity contribution < 1.29 is 0 Å². The van der Waals surface area contributed by atoms with Crippen molar-refractivity contribution in [2.75, 3.05) is 13.1 Å². The summed E-state index contributed by atoms with van der Waals surface area (Å²) in [5.41, 5.74) is 1.02. The van der Waals surface area contributed by atoms with Crippen LogP contribution in [0, 0.1) is 11.3 Å². The van der Waals surface area contributed by atoms with E-state index in [1.165, 1.54) is 45.2 Å². The first-order valence-corrected chi connectivity index (χ1v) is 6.72. The van der Waals surface area contributed by atoms with E-state index >= 15 is 0 Å². The molecule has 2 unspecified atom stereocenters. The summed E-state index contributed by atoms with van der Waals surface area (Å²) < 4.78 is 0. The third kappa shape index (κ3) is 1.84. The maximum atomic E-state index is 2.78. The maximum absolute atomic E-state index is 2.78. The zero-order chi connectivity index (χ0) is 11.1. The van der Waals surface area contributed by atoms with Gasteiger partial charge >= 0.3 is 0 Å². The molecule has 1 nitrogen and oxygen atoms in total. The van der Waals surface area contributed by atoms with Gasteiger partial charge in [-0.1, -0.05) is 27.2 Å². The van der Waals surface area contributed by atoms with E-state index in [4.69, 9.17) is 0 Å². The summed E-state index contributed by atoms with van der Waals surface area (Å²) in [6.07, 6.45) is 7.09. The highest BCUT2D eigenvalue weighted by Crippen LogP contribution is 2.49. The highest BCUT2D eigenvalue weighted by atomic mass is 15.2. The molecule has 0 spiro atoms. The van der Waals surface area contributed by atoms with E-state index in [-0.39, 0.29) is 0 Å². The molecule has 15 heavy (non-hydrogen) atoms. The monoisotopic (exact) mass is 209 g/mol. The molecule has 1 heterocycles. The van der Waals surface area contributed by atoms with Gasteiger partial charge in [-0.25, -0.2) is 0 Å². The minimum atomic E-state index is 0.484. The van der Waals surface area contributed by atoms with Crippen LogP contribution in [0.4, 0.5) is 0 Å². The Morgan fingerprint density at radius 2 is 1.53 bits per heavy atom. The summed E-state index contributed by atoms with van der Waals surface area (Å²) in [5.74, 6) is 0.830. The zero-order valence-electron chi connectivity index (χ0n) is 11.0. The van der Waals surface area contributed by atoms with Gasteiger partial charge < -0.3 is 0 Å². The molecule has 0 amide bonds. The predicted molar refractivity (Wildman–Crippen MR) is 66.0 cm³/mol. The fourth-order valence-corrected chi connectivity index (χ4v) is 3.84. The van der Waals surface area contributed by atoms with Crippen LogP contribution in [0.25, 0.3) is 0 Å². The summed E-state index contributed by atoms with van der Waals surface area (Å²) in [6.45, 7) is 12.6. The fraction of sp³-hybridized carbons (Fsp3) is 1.00. The van der Waals surface area contributed by atoms with Crippen LogP contribution in [0.2, 0.25) is 0 Å². The lowest BCUT2D eigenvalue weighted by molar-refractivity contribution is -0.0288. The normalized spacial score (nSPS) is 42.0. The highest BCUT2D eigenvalue weighted by molar-refractivity contribution is 5.01. The molecule has 0 N–H and O–H groups in total. The molecule has 0 radical (unpaired) electrons. The molecule has 1 heteroatoms. The van der Waals surface area contributed by atoms with Crippen LogP contribution in [0.15, 0.2) is 0 Å². The van der Waals surface area contributed by atoms with Gasteiger partial charge in [0.2, 0.25) is 0 Å². The average molecular weight is 209 g/mol. The predicted octanol–water partition coefficient (Wildman–Crippen LogP) is 3.69. The van der Waals surface area contributed by atoms with E-state index in [1.807, 2.05) is 0 Å². The lowest BCUT2D eigenvalue weighted by Crippen LogP contribution is -2.56. The standard InChI is InChI=1S/C14H27N/c1-12-13(2,3)8-7-9-14(12,4)15-10-5-6-11-15/h12H,5-11H2,1-4H3. The summed E-state index contributed by atoms with van der Waals surface area (Å²) in [7, 11) is 0. The molecule has 0 aromatic rings. The Kier molecular flexibility index (Phi) is 2.87. The first kappa shape index (κ1) is 11.4. The van der Waals surface area contributed by atoms with Crippen molar-refractivity contribution in [1.29, 1.82) is 0 Å². The van der Waals surface area contributed by atoms with Gasteiger partial charge in [-0.05, 0) is 57.0 Å². The second-order valence-corrected chi connectivity index (χ2v) is 6.62. The van der Waals surface area contributed by atoms with Crippen LogP contribution >= 0.6 is 0 Å². The maximum Gasteiger partial charge on any atom is 0.0212 e.